The lowest BCUT2D eigenvalue weighted by atomic mass is 10.0. The summed E-state index contributed by atoms with van der Waals surface area (Å²) >= 11 is 0. The Morgan fingerprint density at radius 3 is 2.55 bits per heavy atom. The molecular weight excluding hydrogens is 366 g/mol. The van der Waals surface area contributed by atoms with Crippen LogP contribution in [0.5, 0.6) is 5.75 Å². The van der Waals surface area contributed by atoms with Crippen LogP contribution in [0, 0.1) is 18.3 Å². The van der Waals surface area contributed by atoms with Gasteiger partial charge in [0.05, 0.1) is 11.7 Å². The lowest BCUT2D eigenvalue weighted by Gasteiger charge is -2.11. The van der Waals surface area contributed by atoms with Crippen LogP contribution in [0.1, 0.15) is 37.0 Å². The molecule has 0 unspecified atom stereocenters. The van der Waals surface area contributed by atoms with Crippen molar-refractivity contribution >= 4 is 5.97 Å². The molecule has 0 aliphatic heterocycles. The number of nitriles is 1. The fraction of sp³-hybridized carbons (Fsp3) is 0.250. The van der Waals surface area contributed by atoms with Gasteiger partial charge in [0, 0.05) is 17.5 Å². The van der Waals surface area contributed by atoms with Crippen molar-refractivity contribution in [3.63, 3.8) is 0 Å². The Hall–Kier alpha value is -3.52. The molecule has 1 heterocycles. The van der Waals surface area contributed by atoms with Crippen LogP contribution in [0.15, 0.2) is 52.9 Å². The fourth-order valence-corrected chi connectivity index (χ4v) is 3.17. The molecule has 0 atom stereocenters. The van der Waals surface area contributed by atoms with Gasteiger partial charge < -0.3 is 14.3 Å². The molecule has 0 fully saturated rings. The second-order valence-corrected chi connectivity index (χ2v) is 7.20. The fourth-order valence-electron chi connectivity index (χ4n) is 3.17. The molecule has 5 nitrogen and oxygen atoms in total. The zero-order valence-electron chi connectivity index (χ0n) is 16.7. The number of aliphatic carboxylic acids is 1. The lowest BCUT2D eigenvalue weighted by molar-refractivity contribution is -0.136. The van der Waals surface area contributed by atoms with E-state index < -0.39 is 5.97 Å². The third-order valence-electron chi connectivity index (χ3n) is 4.54. The van der Waals surface area contributed by atoms with E-state index in [2.05, 4.69) is 6.07 Å². The molecule has 5 heteroatoms. The van der Waals surface area contributed by atoms with Crippen LogP contribution >= 0.6 is 0 Å². The first-order chi connectivity index (χ1) is 13.9. The molecular formula is C24H23NO4. The molecule has 1 aromatic heterocycles. The van der Waals surface area contributed by atoms with Crippen LogP contribution in [0.2, 0.25) is 0 Å². The molecule has 0 amide bonds. The summed E-state index contributed by atoms with van der Waals surface area (Å²) in [6.07, 6.45) is 0.604. The van der Waals surface area contributed by atoms with E-state index in [0.717, 1.165) is 28.0 Å². The SMILES string of the molecule is Cc1cc(CCC(=O)O)ccc1-c1ccc(-c2ccc(OC(C)C)c(C#N)c2)o1. The van der Waals surface area contributed by atoms with Gasteiger partial charge in [-0.25, -0.2) is 0 Å². The summed E-state index contributed by atoms with van der Waals surface area (Å²) in [4.78, 5) is 10.8. The largest absolute Gasteiger partial charge is 0.490 e. The topological polar surface area (TPSA) is 83.5 Å². The standard InChI is InChI=1S/C24H23NO4/c1-15(2)28-22-8-6-18(13-19(22)14-25)21-9-10-23(29-21)20-7-4-17(12-16(20)3)5-11-24(26)27/h4,6-10,12-13,15H,5,11H2,1-3H3,(H,26,27). The highest BCUT2D eigenvalue weighted by molar-refractivity contribution is 5.70. The minimum atomic E-state index is -0.802. The number of furan rings is 1. The van der Waals surface area contributed by atoms with Crippen molar-refractivity contribution in [3.8, 4) is 34.5 Å². The number of ether oxygens (including phenoxy) is 1. The predicted molar refractivity (Wildman–Crippen MR) is 111 cm³/mol. The quantitative estimate of drug-likeness (QED) is 0.569. The molecule has 1 N–H and O–H groups in total. The Labute approximate surface area is 170 Å². The average molecular weight is 389 g/mol. The van der Waals surface area contributed by atoms with Crippen LogP contribution in [-0.2, 0) is 11.2 Å². The van der Waals surface area contributed by atoms with E-state index in [-0.39, 0.29) is 12.5 Å². The monoisotopic (exact) mass is 389 g/mol. The predicted octanol–water partition coefficient (Wildman–Crippen LogP) is 5.60. The number of aryl methyl sites for hydroxylation is 2. The van der Waals surface area contributed by atoms with Gasteiger partial charge in [0.25, 0.3) is 0 Å². The van der Waals surface area contributed by atoms with Crippen molar-refractivity contribution in [2.75, 3.05) is 0 Å². The number of nitrogens with zero attached hydrogens (tertiary/aromatic N) is 1. The van der Waals surface area contributed by atoms with E-state index in [1.807, 2.05) is 57.2 Å². The van der Waals surface area contributed by atoms with E-state index in [1.54, 1.807) is 12.1 Å². The Bertz CT molecular complexity index is 1070. The number of carboxylic acids is 1. The van der Waals surface area contributed by atoms with Gasteiger partial charge in [-0.05, 0) is 68.7 Å². The van der Waals surface area contributed by atoms with Gasteiger partial charge in [-0.2, -0.15) is 5.26 Å². The molecule has 0 spiro atoms. The molecule has 148 valence electrons. The Morgan fingerprint density at radius 2 is 1.90 bits per heavy atom. The molecule has 0 saturated heterocycles. The van der Waals surface area contributed by atoms with E-state index in [0.29, 0.717) is 23.5 Å². The first-order valence-electron chi connectivity index (χ1n) is 9.50. The second-order valence-electron chi connectivity index (χ2n) is 7.20. The third-order valence-corrected chi connectivity index (χ3v) is 4.54. The van der Waals surface area contributed by atoms with Crippen LogP contribution in [0.25, 0.3) is 22.6 Å². The molecule has 29 heavy (non-hydrogen) atoms. The van der Waals surface area contributed by atoms with Crippen molar-refractivity contribution in [3.05, 3.63) is 65.2 Å². The van der Waals surface area contributed by atoms with Gasteiger partial charge in [-0.3, -0.25) is 4.79 Å². The molecule has 3 rings (SSSR count). The summed E-state index contributed by atoms with van der Waals surface area (Å²) in [5, 5.41) is 18.3. The third kappa shape index (κ3) is 4.85. The zero-order chi connectivity index (χ0) is 21.0. The summed E-state index contributed by atoms with van der Waals surface area (Å²) in [7, 11) is 0. The average Bonchev–Trinajstić information content (AvgIpc) is 3.16. The maximum absolute atomic E-state index is 10.8. The number of benzene rings is 2. The van der Waals surface area contributed by atoms with Gasteiger partial charge in [-0.1, -0.05) is 18.2 Å². The van der Waals surface area contributed by atoms with Gasteiger partial charge in [0.2, 0.25) is 0 Å². The summed E-state index contributed by atoms with van der Waals surface area (Å²) in [6.45, 7) is 5.82. The molecule has 0 aliphatic rings. The first kappa shape index (κ1) is 20.2. The Morgan fingerprint density at radius 1 is 1.14 bits per heavy atom. The van der Waals surface area contributed by atoms with Crippen LogP contribution in [0.3, 0.4) is 0 Å². The summed E-state index contributed by atoms with van der Waals surface area (Å²) in [5.74, 6) is 1.15. The smallest absolute Gasteiger partial charge is 0.303 e. The maximum atomic E-state index is 10.8. The van der Waals surface area contributed by atoms with Gasteiger partial charge in [-0.15, -0.1) is 0 Å². The molecule has 0 saturated carbocycles. The maximum Gasteiger partial charge on any atom is 0.303 e. The highest BCUT2D eigenvalue weighted by Gasteiger charge is 2.13. The molecule has 3 aromatic rings. The van der Waals surface area contributed by atoms with Crippen molar-refractivity contribution in [1.82, 2.24) is 0 Å². The highest BCUT2D eigenvalue weighted by atomic mass is 16.5. The van der Waals surface area contributed by atoms with E-state index in [1.165, 1.54) is 0 Å². The number of carboxylic acid groups (broad SMARTS) is 1. The highest BCUT2D eigenvalue weighted by Crippen LogP contribution is 2.33. The molecule has 0 aliphatic carbocycles. The number of hydrogen-bond donors (Lipinski definition) is 1. The summed E-state index contributed by atoms with van der Waals surface area (Å²) in [6, 6.07) is 17.3. The zero-order valence-corrected chi connectivity index (χ0v) is 16.7. The van der Waals surface area contributed by atoms with Gasteiger partial charge >= 0.3 is 5.97 Å². The number of hydrogen-bond acceptors (Lipinski definition) is 4. The van der Waals surface area contributed by atoms with Gasteiger partial charge in [0.1, 0.15) is 23.3 Å². The van der Waals surface area contributed by atoms with Crippen molar-refractivity contribution < 1.29 is 19.1 Å². The summed E-state index contributed by atoms with van der Waals surface area (Å²) < 4.78 is 11.7. The van der Waals surface area contributed by atoms with Crippen molar-refractivity contribution in [2.24, 2.45) is 0 Å². The normalized spacial score (nSPS) is 10.7. The Kier molecular flexibility index (Phi) is 6.04. The Balaban J connectivity index is 1.86. The first-order valence-corrected chi connectivity index (χ1v) is 9.50. The summed E-state index contributed by atoms with van der Waals surface area (Å²) in [5.41, 5.74) is 4.23. The van der Waals surface area contributed by atoms with Crippen LogP contribution in [0.4, 0.5) is 0 Å². The van der Waals surface area contributed by atoms with E-state index in [9.17, 15) is 10.1 Å². The minimum Gasteiger partial charge on any atom is -0.490 e. The lowest BCUT2D eigenvalue weighted by Crippen LogP contribution is -2.06. The molecule has 2 aromatic carbocycles. The van der Waals surface area contributed by atoms with Crippen molar-refractivity contribution in [2.45, 2.75) is 39.7 Å². The minimum absolute atomic E-state index is 0.00962. The number of rotatable bonds is 7. The van der Waals surface area contributed by atoms with Crippen LogP contribution < -0.4 is 4.74 Å². The molecule has 0 radical (unpaired) electrons. The van der Waals surface area contributed by atoms with E-state index >= 15 is 0 Å². The van der Waals surface area contributed by atoms with Crippen LogP contribution in [-0.4, -0.2) is 17.2 Å². The van der Waals surface area contributed by atoms with Gasteiger partial charge in [0.15, 0.2) is 0 Å². The van der Waals surface area contributed by atoms with E-state index in [4.69, 9.17) is 14.3 Å². The molecule has 0 bridgehead atoms. The second kappa shape index (κ2) is 8.66. The number of carbonyl (C=O) groups is 1. The van der Waals surface area contributed by atoms with Crippen molar-refractivity contribution in [1.29, 1.82) is 5.26 Å².